The molecule has 0 atom stereocenters. The molecular formula is C8H16N4O4Zr. The van der Waals surface area contributed by atoms with Crippen LogP contribution in [0.4, 0.5) is 0 Å². The SMILES string of the molecule is CC([NH-])=O.CC([NH-])=O.CC([NH-])=O.CC([NH-])=O.[Zr+4]. The van der Waals surface area contributed by atoms with Crippen LogP contribution in [0.3, 0.4) is 0 Å². The Morgan fingerprint density at radius 2 is 0.529 bits per heavy atom. The normalized spacial score (nSPS) is 5.88. The fourth-order valence-corrected chi connectivity index (χ4v) is 0. The Labute approximate surface area is 120 Å². The third-order valence-corrected chi connectivity index (χ3v) is 0. The van der Waals surface area contributed by atoms with Gasteiger partial charge in [0.25, 0.3) is 0 Å². The first-order chi connectivity index (χ1) is 6.93. The van der Waals surface area contributed by atoms with Crippen LogP contribution in [0.25, 0.3) is 22.9 Å². The van der Waals surface area contributed by atoms with Gasteiger partial charge in [0.1, 0.15) is 0 Å². The van der Waals surface area contributed by atoms with Crippen LogP contribution >= 0.6 is 0 Å². The zero-order valence-electron chi connectivity index (χ0n) is 10.1. The molecule has 0 saturated carbocycles. The number of carbonyl (C=O) groups is 4. The molecule has 0 fully saturated rings. The summed E-state index contributed by atoms with van der Waals surface area (Å²) in [5.41, 5.74) is 23.8. The van der Waals surface area contributed by atoms with Crippen molar-refractivity contribution in [3.8, 4) is 0 Å². The molecule has 17 heavy (non-hydrogen) atoms. The van der Waals surface area contributed by atoms with Crippen LogP contribution in [0.15, 0.2) is 0 Å². The maximum atomic E-state index is 9.11. The summed E-state index contributed by atoms with van der Waals surface area (Å²) in [7, 11) is 0. The molecule has 0 heterocycles. The number of carbonyl (C=O) groups excluding carboxylic acids is 4. The Morgan fingerprint density at radius 1 is 0.529 bits per heavy atom. The van der Waals surface area contributed by atoms with Gasteiger partial charge in [-0.15, -0.1) is 0 Å². The van der Waals surface area contributed by atoms with Gasteiger partial charge in [-0.05, 0) is 27.7 Å². The number of rotatable bonds is 0. The maximum absolute atomic E-state index is 9.11. The minimum atomic E-state index is -0.583. The number of amides is 4. The average Bonchev–Trinajstić information content (AvgIpc) is 1.76. The monoisotopic (exact) mass is 322 g/mol. The molecule has 0 aliphatic heterocycles. The summed E-state index contributed by atoms with van der Waals surface area (Å²) in [5, 5.41) is 0. The second-order valence-corrected chi connectivity index (χ2v) is 2.22. The molecule has 0 aromatic rings. The van der Waals surface area contributed by atoms with E-state index in [2.05, 4.69) is 0 Å². The van der Waals surface area contributed by atoms with Gasteiger partial charge in [0, 0.05) is 23.6 Å². The molecule has 96 valence electrons. The summed E-state index contributed by atoms with van der Waals surface area (Å²) in [6, 6.07) is 0. The molecule has 0 saturated heterocycles. The minimum absolute atomic E-state index is 0. The topological polar surface area (TPSA) is 163 Å². The van der Waals surface area contributed by atoms with E-state index in [4.69, 9.17) is 42.1 Å². The smallest absolute Gasteiger partial charge is 0.668 e. The summed E-state index contributed by atoms with van der Waals surface area (Å²) in [6.07, 6.45) is 0. The molecule has 0 aliphatic rings. The Morgan fingerprint density at radius 3 is 0.529 bits per heavy atom. The third-order valence-electron chi connectivity index (χ3n) is 0. The van der Waals surface area contributed by atoms with Crippen molar-refractivity contribution in [2.45, 2.75) is 27.7 Å². The molecule has 0 rings (SSSR count). The summed E-state index contributed by atoms with van der Waals surface area (Å²) < 4.78 is 0. The standard InChI is InChI=1S/4C2H5NO.Zr/c4*1-2(3)4;/h4*1H3,(H2,3,4);/q;;;;+4/p-4. The van der Waals surface area contributed by atoms with Crippen LogP contribution in [0.1, 0.15) is 27.7 Å². The molecule has 0 bridgehead atoms. The van der Waals surface area contributed by atoms with Gasteiger partial charge < -0.3 is 42.1 Å². The van der Waals surface area contributed by atoms with E-state index in [9.17, 15) is 0 Å². The van der Waals surface area contributed by atoms with E-state index in [0.29, 0.717) is 0 Å². The van der Waals surface area contributed by atoms with E-state index in [1.54, 1.807) is 0 Å². The van der Waals surface area contributed by atoms with Crippen molar-refractivity contribution in [2.75, 3.05) is 0 Å². The van der Waals surface area contributed by atoms with Crippen LogP contribution in [-0.4, -0.2) is 23.6 Å². The van der Waals surface area contributed by atoms with Gasteiger partial charge in [0.15, 0.2) is 0 Å². The van der Waals surface area contributed by atoms with Crippen molar-refractivity contribution < 1.29 is 45.4 Å². The number of nitrogens with one attached hydrogen (secondary N) is 4. The van der Waals surface area contributed by atoms with Crippen molar-refractivity contribution in [1.82, 2.24) is 0 Å². The molecule has 8 nitrogen and oxygen atoms in total. The van der Waals surface area contributed by atoms with E-state index in [1.165, 1.54) is 27.7 Å². The van der Waals surface area contributed by atoms with Crippen molar-refractivity contribution in [3.05, 3.63) is 22.9 Å². The van der Waals surface area contributed by atoms with Crippen molar-refractivity contribution in [1.29, 1.82) is 0 Å². The maximum Gasteiger partial charge on any atom is 4.00 e. The van der Waals surface area contributed by atoms with Crippen molar-refractivity contribution in [2.24, 2.45) is 0 Å². The van der Waals surface area contributed by atoms with Crippen LogP contribution < -0.4 is 0 Å². The zero-order valence-corrected chi connectivity index (χ0v) is 12.6. The predicted octanol–water partition coefficient (Wildman–Crippen LogP) is 2.34. The van der Waals surface area contributed by atoms with Gasteiger partial charge in [-0.2, -0.15) is 0 Å². The Balaban J connectivity index is -0.0000000369. The summed E-state index contributed by atoms with van der Waals surface area (Å²) in [5.74, 6) is -2.33. The average molecular weight is 323 g/mol. The van der Waals surface area contributed by atoms with E-state index < -0.39 is 23.6 Å². The zero-order chi connectivity index (χ0) is 14.3. The van der Waals surface area contributed by atoms with Crippen LogP contribution in [0, 0.1) is 0 Å². The number of hydrogen-bond acceptors (Lipinski definition) is 4. The summed E-state index contributed by atoms with van der Waals surface area (Å²) in [4.78, 5) is 36.4. The Kier molecular flexibility index (Phi) is 42.1. The fourth-order valence-electron chi connectivity index (χ4n) is 0. The van der Waals surface area contributed by atoms with E-state index in [1.807, 2.05) is 0 Å². The molecule has 0 aliphatic carbocycles. The molecule has 0 radical (unpaired) electrons. The summed E-state index contributed by atoms with van der Waals surface area (Å²) in [6.45, 7) is 4.78. The second-order valence-electron chi connectivity index (χ2n) is 2.22. The molecule has 0 unspecified atom stereocenters. The largest absolute Gasteiger partial charge is 4.00 e. The first-order valence-corrected chi connectivity index (χ1v) is 3.82. The first-order valence-electron chi connectivity index (χ1n) is 3.82. The predicted molar refractivity (Wildman–Crippen MR) is 60.0 cm³/mol. The third kappa shape index (κ3) is 1570. The van der Waals surface area contributed by atoms with Crippen LogP contribution in [-0.2, 0) is 45.4 Å². The first kappa shape index (κ1) is 29.7. The van der Waals surface area contributed by atoms with Crippen LogP contribution in [0.5, 0.6) is 0 Å². The van der Waals surface area contributed by atoms with E-state index >= 15 is 0 Å². The Bertz CT molecular complexity index is 170. The summed E-state index contributed by atoms with van der Waals surface area (Å²) >= 11 is 0. The fraction of sp³-hybridized carbons (Fsp3) is 0.500. The van der Waals surface area contributed by atoms with Gasteiger partial charge in [0.05, 0.1) is 0 Å². The van der Waals surface area contributed by atoms with Gasteiger partial charge in [-0.25, -0.2) is 0 Å². The minimum Gasteiger partial charge on any atom is -0.668 e. The molecule has 4 amide bonds. The molecule has 4 N–H and O–H groups in total. The molecular weight excluding hydrogens is 307 g/mol. The quantitative estimate of drug-likeness (QED) is 0.668. The van der Waals surface area contributed by atoms with E-state index in [0.717, 1.165) is 0 Å². The van der Waals surface area contributed by atoms with Crippen molar-refractivity contribution in [3.63, 3.8) is 0 Å². The molecule has 9 heteroatoms. The van der Waals surface area contributed by atoms with Gasteiger partial charge in [-0.3, -0.25) is 0 Å². The Hall–Kier alpha value is -1.24. The second kappa shape index (κ2) is 24.1. The molecule has 0 aromatic carbocycles. The van der Waals surface area contributed by atoms with E-state index in [-0.39, 0.29) is 26.2 Å². The van der Waals surface area contributed by atoms with Crippen LogP contribution in [0.2, 0.25) is 0 Å². The van der Waals surface area contributed by atoms with Gasteiger partial charge in [-0.1, -0.05) is 0 Å². The molecule has 0 aromatic heterocycles. The number of hydrogen-bond donors (Lipinski definition) is 0. The molecule has 0 spiro atoms. The van der Waals surface area contributed by atoms with Gasteiger partial charge in [0.2, 0.25) is 0 Å². The van der Waals surface area contributed by atoms with Gasteiger partial charge >= 0.3 is 26.2 Å². The van der Waals surface area contributed by atoms with Crippen molar-refractivity contribution >= 4 is 23.6 Å².